The molecule has 0 aliphatic rings. The van der Waals surface area contributed by atoms with Crippen molar-refractivity contribution in [1.29, 1.82) is 0 Å². The van der Waals surface area contributed by atoms with Crippen LogP contribution in [0.25, 0.3) is 11.2 Å². The number of rotatable bonds is 2. The topological polar surface area (TPSA) is 45.5 Å². The third-order valence-corrected chi connectivity index (χ3v) is 6.41. The number of aromatic nitrogens is 4. The Bertz CT molecular complexity index is 549. The first-order valence-electron chi connectivity index (χ1n) is 5.96. The molecule has 0 radical (unpaired) electrons. The second-order valence-electron chi connectivity index (χ2n) is 6.49. The van der Waals surface area contributed by atoms with Gasteiger partial charge in [0.1, 0.15) is 8.07 Å². The van der Waals surface area contributed by atoms with Gasteiger partial charge < -0.3 is 0 Å². The Morgan fingerprint density at radius 3 is 2.24 bits per heavy atom. The number of hydrogen-bond acceptors (Lipinski definition) is 2. The minimum Gasteiger partial charge on any atom is -0.278 e. The summed E-state index contributed by atoms with van der Waals surface area (Å²) < 4.78 is 2.31. The lowest BCUT2D eigenvalue weighted by atomic mass is 10.6. The average Bonchev–Trinajstić information content (AvgIpc) is 2.57. The lowest BCUT2D eigenvalue weighted by Crippen LogP contribution is -2.57. The van der Waals surface area contributed by atoms with Gasteiger partial charge in [0.25, 0.3) is 5.65 Å². The molecule has 2 aromatic heterocycles. The van der Waals surface area contributed by atoms with E-state index in [9.17, 15) is 0 Å². The lowest BCUT2D eigenvalue weighted by Gasteiger charge is -2.14. The zero-order chi connectivity index (χ0) is 12.8. The van der Waals surface area contributed by atoms with Gasteiger partial charge in [0, 0.05) is 0 Å². The van der Waals surface area contributed by atoms with Gasteiger partial charge in [-0.1, -0.05) is 24.6 Å². The first-order chi connectivity index (χ1) is 7.71. The van der Waals surface area contributed by atoms with Gasteiger partial charge in [0.05, 0.1) is 5.32 Å². The van der Waals surface area contributed by atoms with E-state index in [1.807, 2.05) is 0 Å². The summed E-state index contributed by atoms with van der Waals surface area (Å²) in [5.41, 5.74) is 2.20. The van der Waals surface area contributed by atoms with E-state index in [0.717, 1.165) is 11.2 Å². The van der Waals surface area contributed by atoms with Gasteiger partial charge in [0.2, 0.25) is 8.24 Å². The molecule has 0 atom stereocenters. The predicted octanol–water partition coefficient (Wildman–Crippen LogP) is 1.47. The summed E-state index contributed by atoms with van der Waals surface area (Å²) in [7, 11) is -2.84. The van der Waals surface area contributed by atoms with Crippen LogP contribution in [0.4, 0.5) is 0 Å². The van der Waals surface area contributed by atoms with Gasteiger partial charge in [0.15, 0.2) is 18.2 Å². The van der Waals surface area contributed by atoms with E-state index in [1.54, 1.807) is 6.33 Å². The standard InChI is InChI=1S/C11H20N4Si2/c1-16(2,3)11-9-10(12-7-13-11)15(8-14-9)17(4,5)6/h7-8H,1-6H3/p+1. The van der Waals surface area contributed by atoms with Crippen LogP contribution in [0.15, 0.2) is 12.7 Å². The minimum atomic E-state index is -1.42. The second kappa shape index (κ2) is 3.74. The van der Waals surface area contributed by atoms with Crippen molar-refractivity contribution in [3.05, 3.63) is 12.7 Å². The molecule has 0 saturated carbocycles. The van der Waals surface area contributed by atoms with Crippen LogP contribution in [0.3, 0.4) is 0 Å². The van der Waals surface area contributed by atoms with Crippen LogP contribution in [0.2, 0.25) is 39.3 Å². The Morgan fingerprint density at radius 2 is 1.71 bits per heavy atom. The van der Waals surface area contributed by atoms with Crippen LogP contribution in [0.1, 0.15) is 0 Å². The summed E-state index contributed by atoms with van der Waals surface area (Å²) in [6.07, 6.45) is 3.77. The van der Waals surface area contributed by atoms with Crippen LogP contribution >= 0.6 is 0 Å². The number of aromatic amines is 1. The highest BCUT2D eigenvalue weighted by atomic mass is 28.3. The molecule has 0 fully saturated rings. The number of fused-ring (bicyclic) bond motifs is 1. The van der Waals surface area contributed by atoms with Crippen molar-refractivity contribution in [2.24, 2.45) is 0 Å². The zero-order valence-electron chi connectivity index (χ0n) is 11.5. The Morgan fingerprint density at radius 1 is 1.06 bits per heavy atom. The Balaban J connectivity index is 2.74. The van der Waals surface area contributed by atoms with Crippen LogP contribution < -0.4 is 9.55 Å². The fourth-order valence-corrected chi connectivity index (χ4v) is 4.60. The molecule has 4 nitrogen and oxygen atoms in total. The molecule has 0 aromatic carbocycles. The van der Waals surface area contributed by atoms with Gasteiger partial charge in [-0.25, -0.2) is 4.98 Å². The Labute approximate surface area is 104 Å². The first kappa shape index (κ1) is 12.4. The SMILES string of the molecule is C[Si](C)(C)c1ncnc2c1[nH]c[n+]2[Si](C)(C)C. The van der Waals surface area contributed by atoms with Crippen LogP contribution in [-0.2, 0) is 0 Å². The molecular formula is C11H21N4Si2+. The maximum atomic E-state index is 4.50. The molecular weight excluding hydrogens is 244 g/mol. The fourth-order valence-electron chi connectivity index (χ4n) is 1.96. The van der Waals surface area contributed by atoms with Crippen LogP contribution in [0.5, 0.6) is 0 Å². The Kier molecular flexibility index (Phi) is 2.74. The van der Waals surface area contributed by atoms with Gasteiger partial charge in [-0.05, 0) is 19.6 Å². The maximum Gasteiger partial charge on any atom is 0.292 e. The highest BCUT2D eigenvalue weighted by molar-refractivity contribution is 6.89. The quantitative estimate of drug-likeness (QED) is 0.836. The molecule has 92 valence electrons. The third-order valence-electron chi connectivity index (χ3n) is 2.83. The molecule has 2 heterocycles. The summed E-state index contributed by atoms with van der Waals surface area (Å²) in [6.45, 7) is 13.9. The first-order valence-corrected chi connectivity index (χ1v) is 12.9. The summed E-state index contributed by atoms with van der Waals surface area (Å²) in [6, 6.07) is 0. The van der Waals surface area contributed by atoms with Crippen molar-refractivity contribution in [2.75, 3.05) is 0 Å². The number of H-pyrrole nitrogens is 1. The molecule has 6 heteroatoms. The molecule has 0 saturated heterocycles. The second-order valence-corrected chi connectivity index (χ2v) is 16.3. The number of nitrogens with one attached hydrogen (secondary N) is 1. The van der Waals surface area contributed by atoms with Crippen LogP contribution in [-0.4, -0.2) is 31.3 Å². The summed E-state index contributed by atoms with van der Waals surface area (Å²) in [5, 5.41) is 1.22. The number of imidazole rings is 1. The smallest absolute Gasteiger partial charge is 0.278 e. The largest absolute Gasteiger partial charge is 0.292 e. The third kappa shape index (κ3) is 2.19. The number of hydrogen-bond donors (Lipinski definition) is 1. The normalized spacial score (nSPS) is 13.3. The molecule has 2 rings (SSSR count). The van der Waals surface area contributed by atoms with Crippen molar-refractivity contribution < 1.29 is 4.23 Å². The molecule has 1 N–H and O–H groups in total. The van der Waals surface area contributed by atoms with Crippen LogP contribution in [0, 0.1) is 0 Å². The van der Waals surface area contributed by atoms with E-state index in [0.29, 0.717) is 0 Å². The lowest BCUT2D eigenvalue weighted by molar-refractivity contribution is -0.518. The van der Waals surface area contributed by atoms with E-state index < -0.39 is 16.3 Å². The molecule has 17 heavy (non-hydrogen) atoms. The van der Waals surface area contributed by atoms with E-state index >= 15 is 0 Å². The molecule has 0 bridgehead atoms. The van der Waals surface area contributed by atoms with Crippen molar-refractivity contribution in [2.45, 2.75) is 39.3 Å². The molecule has 0 aliphatic heterocycles. The maximum absolute atomic E-state index is 4.50. The van der Waals surface area contributed by atoms with Crippen molar-refractivity contribution in [1.82, 2.24) is 15.0 Å². The molecule has 0 amide bonds. The van der Waals surface area contributed by atoms with Crippen molar-refractivity contribution in [3.63, 3.8) is 0 Å². The Hall–Kier alpha value is -1.02. The summed E-state index contributed by atoms with van der Waals surface area (Å²) >= 11 is 0. The average molecular weight is 265 g/mol. The monoisotopic (exact) mass is 265 g/mol. The van der Waals surface area contributed by atoms with E-state index in [2.05, 4.69) is 64.8 Å². The minimum absolute atomic E-state index is 1.07. The zero-order valence-corrected chi connectivity index (χ0v) is 13.5. The molecule has 0 aliphatic carbocycles. The number of nitrogens with zero attached hydrogens (tertiary/aromatic N) is 3. The van der Waals surface area contributed by atoms with Crippen molar-refractivity contribution >= 4 is 32.8 Å². The highest BCUT2D eigenvalue weighted by Crippen LogP contribution is 2.09. The fraction of sp³-hybridized carbons (Fsp3) is 0.545. The van der Waals surface area contributed by atoms with Gasteiger partial charge in [-0.15, -0.1) is 0 Å². The predicted molar refractivity (Wildman–Crippen MR) is 75.8 cm³/mol. The van der Waals surface area contributed by atoms with E-state index in [1.165, 1.54) is 5.32 Å². The van der Waals surface area contributed by atoms with Crippen molar-refractivity contribution in [3.8, 4) is 0 Å². The van der Waals surface area contributed by atoms with Gasteiger partial charge >= 0.3 is 0 Å². The molecule has 2 aromatic rings. The van der Waals surface area contributed by atoms with Gasteiger partial charge in [-0.3, -0.25) is 9.22 Å². The molecule has 0 unspecified atom stereocenters. The molecule has 0 spiro atoms. The van der Waals surface area contributed by atoms with Gasteiger partial charge in [-0.2, -0.15) is 0 Å². The van der Waals surface area contributed by atoms with E-state index in [4.69, 9.17) is 0 Å². The summed E-state index contributed by atoms with van der Waals surface area (Å²) in [4.78, 5) is 12.3. The van der Waals surface area contributed by atoms with E-state index in [-0.39, 0.29) is 0 Å². The summed E-state index contributed by atoms with van der Waals surface area (Å²) in [5.74, 6) is 0. The highest BCUT2D eigenvalue weighted by Gasteiger charge is 2.30.